The Bertz CT molecular complexity index is 459. The molecule has 1 aromatic rings. The topological polar surface area (TPSA) is 41.6 Å². The van der Waals surface area contributed by atoms with Crippen molar-refractivity contribution in [2.45, 2.75) is 26.3 Å². The molecule has 1 atom stereocenters. The van der Waals surface area contributed by atoms with Crippen LogP contribution in [0.25, 0.3) is 0 Å². The van der Waals surface area contributed by atoms with Crippen LogP contribution >= 0.6 is 0 Å². The van der Waals surface area contributed by atoms with E-state index >= 15 is 0 Å². The fraction of sp³-hybridized carbons (Fsp3) is 0.533. The summed E-state index contributed by atoms with van der Waals surface area (Å²) >= 11 is 0. The van der Waals surface area contributed by atoms with Crippen LogP contribution in [0.3, 0.4) is 0 Å². The van der Waals surface area contributed by atoms with E-state index < -0.39 is 0 Å². The van der Waals surface area contributed by atoms with Crippen molar-refractivity contribution in [3.8, 4) is 0 Å². The minimum Gasteiger partial charge on any atom is -0.387 e. The van der Waals surface area contributed by atoms with Gasteiger partial charge in [-0.1, -0.05) is 13.0 Å². The van der Waals surface area contributed by atoms with Gasteiger partial charge in [-0.05, 0) is 31.0 Å². The maximum Gasteiger partial charge on any atom is 0.256 e. The molecule has 2 rings (SSSR count). The van der Waals surface area contributed by atoms with Crippen LogP contribution < -0.4 is 5.32 Å². The molecule has 1 saturated heterocycles. The maximum atomic E-state index is 12.7. The van der Waals surface area contributed by atoms with E-state index in [1.807, 2.05) is 37.1 Å². The van der Waals surface area contributed by atoms with Gasteiger partial charge in [0.2, 0.25) is 0 Å². The SMILES string of the molecule is CCC1COCCN1C(=O)c1ccc(C)cc1NC. The summed E-state index contributed by atoms with van der Waals surface area (Å²) in [6.45, 7) is 6.06. The molecule has 4 nitrogen and oxygen atoms in total. The highest BCUT2D eigenvalue weighted by Crippen LogP contribution is 2.22. The molecule has 1 fully saturated rings. The number of ether oxygens (including phenoxy) is 1. The number of anilines is 1. The third-order valence-corrected chi connectivity index (χ3v) is 3.63. The number of hydrogen-bond donors (Lipinski definition) is 1. The lowest BCUT2D eigenvalue weighted by Gasteiger charge is -2.35. The zero-order chi connectivity index (χ0) is 13.8. The van der Waals surface area contributed by atoms with Crippen LogP contribution in [0.5, 0.6) is 0 Å². The molecule has 104 valence electrons. The van der Waals surface area contributed by atoms with Crippen LogP contribution in [-0.4, -0.2) is 43.7 Å². The largest absolute Gasteiger partial charge is 0.387 e. The summed E-state index contributed by atoms with van der Waals surface area (Å²) in [5.41, 5.74) is 2.79. The van der Waals surface area contributed by atoms with Gasteiger partial charge < -0.3 is 15.0 Å². The van der Waals surface area contributed by atoms with Crippen LogP contribution in [0, 0.1) is 6.92 Å². The van der Waals surface area contributed by atoms with Crippen LogP contribution in [0.15, 0.2) is 18.2 Å². The van der Waals surface area contributed by atoms with E-state index in [1.165, 1.54) is 0 Å². The lowest BCUT2D eigenvalue weighted by molar-refractivity contribution is -0.00274. The Morgan fingerprint density at radius 3 is 3.00 bits per heavy atom. The van der Waals surface area contributed by atoms with Gasteiger partial charge in [0.1, 0.15) is 0 Å². The number of amides is 1. The number of carbonyl (C=O) groups excluding carboxylic acids is 1. The molecule has 1 aliphatic heterocycles. The molecule has 19 heavy (non-hydrogen) atoms. The van der Waals surface area contributed by atoms with Crippen molar-refractivity contribution in [3.63, 3.8) is 0 Å². The smallest absolute Gasteiger partial charge is 0.256 e. The van der Waals surface area contributed by atoms with Gasteiger partial charge in [0.25, 0.3) is 5.91 Å². The lowest BCUT2D eigenvalue weighted by Crippen LogP contribution is -2.48. The minimum absolute atomic E-state index is 0.0968. The molecule has 0 aromatic heterocycles. The maximum absolute atomic E-state index is 12.7. The quantitative estimate of drug-likeness (QED) is 0.908. The highest BCUT2D eigenvalue weighted by Gasteiger charge is 2.27. The molecule has 1 N–H and O–H groups in total. The molecule has 1 amide bonds. The van der Waals surface area contributed by atoms with E-state index in [9.17, 15) is 4.79 Å². The molecule has 0 radical (unpaired) electrons. The first kappa shape index (κ1) is 13.9. The normalized spacial score (nSPS) is 19.3. The van der Waals surface area contributed by atoms with Crippen molar-refractivity contribution in [1.82, 2.24) is 4.90 Å². The zero-order valence-corrected chi connectivity index (χ0v) is 11.9. The number of carbonyl (C=O) groups is 1. The summed E-state index contributed by atoms with van der Waals surface area (Å²) in [7, 11) is 1.85. The fourth-order valence-electron chi connectivity index (χ4n) is 2.47. The molecule has 4 heteroatoms. The Morgan fingerprint density at radius 1 is 1.53 bits per heavy atom. The molecule has 0 aliphatic carbocycles. The summed E-state index contributed by atoms with van der Waals surface area (Å²) in [4.78, 5) is 14.6. The van der Waals surface area contributed by atoms with Gasteiger partial charge in [-0.15, -0.1) is 0 Å². The standard InChI is InChI=1S/C15H22N2O2/c1-4-12-10-19-8-7-17(12)15(18)13-6-5-11(2)9-14(13)16-3/h5-6,9,12,16H,4,7-8,10H2,1-3H3. The van der Waals surface area contributed by atoms with Gasteiger partial charge in [-0.3, -0.25) is 4.79 Å². The number of benzene rings is 1. The number of hydrogen-bond acceptors (Lipinski definition) is 3. The van der Waals surface area contributed by atoms with Gasteiger partial charge >= 0.3 is 0 Å². The summed E-state index contributed by atoms with van der Waals surface area (Å²) in [6.07, 6.45) is 0.923. The average Bonchev–Trinajstić information content (AvgIpc) is 2.46. The van der Waals surface area contributed by atoms with Crippen molar-refractivity contribution < 1.29 is 9.53 Å². The average molecular weight is 262 g/mol. The fourth-order valence-corrected chi connectivity index (χ4v) is 2.47. The third-order valence-electron chi connectivity index (χ3n) is 3.63. The van der Waals surface area contributed by atoms with Gasteiger partial charge in [0.15, 0.2) is 0 Å². The number of morpholine rings is 1. The first-order valence-electron chi connectivity index (χ1n) is 6.84. The van der Waals surface area contributed by atoms with Gasteiger partial charge in [0.05, 0.1) is 24.8 Å². The Balaban J connectivity index is 2.27. The Morgan fingerprint density at radius 2 is 2.32 bits per heavy atom. The molecule has 0 saturated carbocycles. The molecular formula is C15H22N2O2. The second-order valence-corrected chi connectivity index (χ2v) is 4.93. The van der Waals surface area contributed by atoms with Crippen molar-refractivity contribution in [2.24, 2.45) is 0 Å². The molecule has 0 spiro atoms. The second kappa shape index (κ2) is 6.06. The van der Waals surface area contributed by atoms with Crippen molar-refractivity contribution in [1.29, 1.82) is 0 Å². The predicted octanol–water partition coefficient (Wildman–Crippen LogP) is 2.29. The van der Waals surface area contributed by atoms with Crippen molar-refractivity contribution in [3.05, 3.63) is 29.3 Å². The van der Waals surface area contributed by atoms with E-state index in [4.69, 9.17) is 4.74 Å². The van der Waals surface area contributed by atoms with Crippen molar-refractivity contribution >= 4 is 11.6 Å². The Kier molecular flexibility index (Phi) is 4.43. The number of nitrogens with zero attached hydrogens (tertiary/aromatic N) is 1. The van der Waals surface area contributed by atoms with E-state index in [2.05, 4.69) is 12.2 Å². The minimum atomic E-state index is 0.0968. The number of aryl methyl sites for hydroxylation is 1. The first-order chi connectivity index (χ1) is 9.17. The molecule has 1 aromatic carbocycles. The monoisotopic (exact) mass is 262 g/mol. The molecule has 0 bridgehead atoms. The zero-order valence-electron chi connectivity index (χ0n) is 11.9. The predicted molar refractivity (Wildman–Crippen MR) is 76.7 cm³/mol. The van der Waals surface area contributed by atoms with Gasteiger partial charge in [-0.2, -0.15) is 0 Å². The molecule has 1 unspecified atom stereocenters. The molecule has 1 aliphatic rings. The summed E-state index contributed by atoms with van der Waals surface area (Å²) in [6, 6.07) is 6.09. The van der Waals surface area contributed by atoms with E-state index in [1.54, 1.807) is 0 Å². The summed E-state index contributed by atoms with van der Waals surface area (Å²) < 4.78 is 5.46. The van der Waals surface area contributed by atoms with Crippen LogP contribution in [0.1, 0.15) is 29.3 Å². The highest BCUT2D eigenvalue weighted by atomic mass is 16.5. The molecule has 1 heterocycles. The van der Waals surface area contributed by atoms with Crippen LogP contribution in [-0.2, 0) is 4.74 Å². The van der Waals surface area contributed by atoms with Crippen LogP contribution in [0.2, 0.25) is 0 Å². The summed E-state index contributed by atoms with van der Waals surface area (Å²) in [5.74, 6) is 0.0968. The Labute approximate surface area is 114 Å². The van der Waals surface area contributed by atoms with Crippen molar-refractivity contribution in [2.75, 3.05) is 32.1 Å². The van der Waals surface area contributed by atoms with Gasteiger partial charge in [0, 0.05) is 19.3 Å². The lowest BCUT2D eigenvalue weighted by atomic mass is 10.1. The number of rotatable bonds is 3. The van der Waals surface area contributed by atoms with E-state index in [0.717, 1.165) is 23.2 Å². The van der Waals surface area contributed by atoms with E-state index in [0.29, 0.717) is 19.8 Å². The van der Waals surface area contributed by atoms with Crippen LogP contribution in [0.4, 0.5) is 5.69 Å². The first-order valence-corrected chi connectivity index (χ1v) is 6.84. The second-order valence-electron chi connectivity index (χ2n) is 4.93. The molecular weight excluding hydrogens is 240 g/mol. The third kappa shape index (κ3) is 2.89. The van der Waals surface area contributed by atoms with Gasteiger partial charge in [-0.25, -0.2) is 0 Å². The summed E-state index contributed by atoms with van der Waals surface area (Å²) in [5, 5.41) is 3.11. The van der Waals surface area contributed by atoms with E-state index in [-0.39, 0.29) is 11.9 Å². The Hall–Kier alpha value is -1.55. The highest BCUT2D eigenvalue weighted by molar-refractivity contribution is 6.00. The number of nitrogens with one attached hydrogen (secondary N) is 1.